The lowest BCUT2D eigenvalue weighted by Crippen LogP contribution is -2.44. The number of nitrogens with one attached hydrogen (secondary N) is 1. The van der Waals surface area contributed by atoms with Gasteiger partial charge >= 0.3 is 0 Å². The second-order valence-corrected chi connectivity index (χ2v) is 6.34. The monoisotopic (exact) mass is 271 g/mol. The van der Waals surface area contributed by atoms with E-state index in [1.54, 1.807) is 7.05 Å². The fourth-order valence-corrected chi connectivity index (χ4v) is 3.79. The predicted octanol–water partition coefficient (Wildman–Crippen LogP) is -0.243. The van der Waals surface area contributed by atoms with E-state index >= 15 is 0 Å². The first kappa shape index (κ1) is 13.0. The molecule has 7 nitrogen and oxygen atoms in total. The van der Waals surface area contributed by atoms with Crippen LogP contribution in [0.5, 0.6) is 0 Å². The Labute approximate surface area is 106 Å². The molecule has 1 atom stereocenters. The van der Waals surface area contributed by atoms with Gasteiger partial charge in [0.05, 0.1) is 12.0 Å². The van der Waals surface area contributed by atoms with Crippen LogP contribution >= 0.6 is 0 Å². The molecule has 18 heavy (non-hydrogen) atoms. The molecule has 1 fully saturated rings. The van der Waals surface area contributed by atoms with Crippen molar-refractivity contribution in [3.63, 3.8) is 0 Å². The van der Waals surface area contributed by atoms with Crippen LogP contribution in [0.2, 0.25) is 0 Å². The normalized spacial score (nSPS) is 21.9. The van der Waals surface area contributed by atoms with Gasteiger partial charge in [-0.3, -0.25) is 10.1 Å². The molecular formula is C10H17N5O2S. The summed E-state index contributed by atoms with van der Waals surface area (Å²) in [7, 11) is -1.94. The third kappa shape index (κ3) is 2.25. The highest BCUT2D eigenvalue weighted by molar-refractivity contribution is 7.89. The topological polar surface area (TPSA) is 105 Å². The number of hydrogen-bond acceptors (Lipinski definition) is 4. The van der Waals surface area contributed by atoms with E-state index in [-0.39, 0.29) is 23.3 Å². The quantitative estimate of drug-likeness (QED) is 0.584. The van der Waals surface area contributed by atoms with Crippen LogP contribution in [0.15, 0.2) is 17.3 Å². The second-order valence-electron chi connectivity index (χ2n) is 4.45. The van der Waals surface area contributed by atoms with Gasteiger partial charge in [0.2, 0.25) is 0 Å². The summed E-state index contributed by atoms with van der Waals surface area (Å²) >= 11 is 0. The van der Waals surface area contributed by atoms with Crippen LogP contribution in [0, 0.1) is 11.3 Å². The Morgan fingerprint density at radius 2 is 2.33 bits per heavy atom. The maximum Gasteiger partial charge on any atom is 0.260 e. The maximum absolute atomic E-state index is 12.4. The maximum atomic E-state index is 12.4. The molecule has 0 bridgehead atoms. The number of aromatic nitrogens is 2. The van der Waals surface area contributed by atoms with Crippen molar-refractivity contribution < 1.29 is 8.42 Å². The molecule has 0 radical (unpaired) electrons. The van der Waals surface area contributed by atoms with Crippen LogP contribution in [-0.2, 0) is 17.1 Å². The number of hydrogen-bond donors (Lipinski definition) is 2. The Morgan fingerprint density at radius 3 is 2.89 bits per heavy atom. The van der Waals surface area contributed by atoms with Crippen LogP contribution < -0.4 is 5.73 Å². The van der Waals surface area contributed by atoms with Crippen molar-refractivity contribution in [2.45, 2.75) is 17.9 Å². The van der Waals surface area contributed by atoms with Gasteiger partial charge in [0.25, 0.3) is 10.0 Å². The molecule has 0 spiro atoms. The SMILES string of the molecule is Cn1nccc1S(=O)(=O)N1CCCC(C(=N)N)C1. The predicted molar refractivity (Wildman–Crippen MR) is 66.6 cm³/mol. The Hall–Kier alpha value is -1.41. The summed E-state index contributed by atoms with van der Waals surface area (Å²) in [5.74, 6) is -0.123. The average molecular weight is 271 g/mol. The summed E-state index contributed by atoms with van der Waals surface area (Å²) in [4.78, 5) is 0. The van der Waals surface area contributed by atoms with Crippen LogP contribution in [-0.4, -0.2) is 41.4 Å². The standard InChI is InChI=1S/C10H17N5O2S/c1-14-9(4-5-13-14)18(16,17)15-6-2-3-8(7-15)10(11)12/h4-5,8H,2-3,6-7H2,1H3,(H3,11,12). The van der Waals surface area contributed by atoms with E-state index in [9.17, 15) is 8.42 Å². The molecule has 1 aromatic heterocycles. The molecule has 1 saturated heterocycles. The fourth-order valence-electron chi connectivity index (χ4n) is 2.16. The number of nitrogens with two attached hydrogens (primary N) is 1. The van der Waals surface area contributed by atoms with Crippen molar-refractivity contribution in [2.24, 2.45) is 18.7 Å². The van der Waals surface area contributed by atoms with Crippen molar-refractivity contribution in [3.8, 4) is 0 Å². The van der Waals surface area contributed by atoms with E-state index in [1.807, 2.05) is 0 Å². The van der Waals surface area contributed by atoms with E-state index in [2.05, 4.69) is 5.10 Å². The minimum absolute atomic E-state index is 0.0555. The van der Waals surface area contributed by atoms with Gasteiger partial charge in [-0.15, -0.1) is 0 Å². The highest BCUT2D eigenvalue weighted by Crippen LogP contribution is 2.23. The first-order valence-electron chi connectivity index (χ1n) is 5.75. The number of nitrogens with zero attached hydrogens (tertiary/aromatic N) is 3. The Kier molecular flexibility index (Phi) is 3.40. The van der Waals surface area contributed by atoms with Gasteiger partial charge in [-0.25, -0.2) is 8.42 Å². The van der Waals surface area contributed by atoms with Gasteiger partial charge in [0.1, 0.15) is 0 Å². The zero-order valence-corrected chi connectivity index (χ0v) is 11.0. The molecule has 0 aromatic carbocycles. The van der Waals surface area contributed by atoms with Gasteiger partial charge in [-0.1, -0.05) is 0 Å². The molecule has 0 saturated carbocycles. The number of rotatable bonds is 3. The lowest BCUT2D eigenvalue weighted by atomic mass is 9.99. The average Bonchev–Trinajstić information content (AvgIpc) is 2.76. The molecule has 2 heterocycles. The Balaban J connectivity index is 2.26. The zero-order valence-electron chi connectivity index (χ0n) is 10.2. The molecule has 1 aliphatic heterocycles. The van der Waals surface area contributed by atoms with Crippen molar-refractivity contribution in [2.75, 3.05) is 13.1 Å². The summed E-state index contributed by atoms with van der Waals surface area (Å²) < 4.78 is 27.5. The van der Waals surface area contributed by atoms with E-state index < -0.39 is 10.0 Å². The third-order valence-corrected chi connectivity index (χ3v) is 5.14. The van der Waals surface area contributed by atoms with E-state index in [1.165, 1.54) is 21.3 Å². The highest BCUT2D eigenvalue weighted by Gasteiger charge is 2.32. The Morgan fingerprint density at radius 1 is 1.61 bits per heavy atom. The van der Waals surface area contributed by atoms with Crippen molar-refractivity contribution >= 4 is 15.9 Å². The molecular weight excluding hydrogens is 254 g/mol. The van der Waals surface area contributed by atoms with Crippen molar-refractivity contribution in [1.29, 1.82) is 5.41 Å². The zero-order chi connectivity index (χ0) is 13.3. The molecule has 0 amide bonds. The van der Waals surface area contributed by atoms with Gasteiger partial charge in [-0.2, -0.15) is 9.40 Å². The van der Waals surface area contributed by atoms with Gasteiger partial charge < -0.3 is 5.73 Å². The number of amidine groups is 1. The molecule has 2 rings (SSSR count). The number of sulfonamides is 1. The van der Waals surface area contributed by atoms with Crippen molar-refractivity contribution in [1.82, 2.24) is 14.1 Å². The summed E-state index contributed by atoms with van der Waals surface area (Å²) in [5.41, 5.74) is 5.47. The highest BCUT2D eigenvalue weighted by atomic mass is 32.2. The number of aryl methyl sites for hydroxylation is 1. The summed E-state index contributed by atoms with van der Waals surface area (Å²) in [6.45, 7) is 0.750. The lowest BCUT2D eigenvalue weighted by Gasteiger charge is -2.31. The fraction of sp³-hybridized carbons (Fsp3) is 0.600. The van der Waals surface area contributed by atoms with Gasteiger partial charge in [0, 0.05) is 26.1 Å². The van der Waals surface area contributed by atoms with Crippen LogP contribution in [0.25, 0.3) is 0 Å². The van der Waals surface area contributed by atoms with E-state index in [4.69, 9.17) is 11.1 Å². The number of piperidine rings is 1. The molecule has 3 N–H and O–H groups in total. The van der Waals surface area contributed by atoms with E-state index in [0.717, 1.165) is 12.8 Å². The molecule has 1 aliphatic rings. The van der Waals surface area contributed by atoms with Crippen LogP contribution in [0.3, 0.4) is 0 Å². The summed E-state index contributed by atoms with van der Waals surface area (Å²) in [6.07, 6.45) is 2.95. The van der Waals surface area contributed by atoms with Crippen molar-refractivity contribution in [3.05, 3.63) is 12.3 Å². The second kappa shape index (κ2) is 4.69. The molecule has 1 unspecified atom stereocenters. The minimum Gasteiger partial charge on any atom is -0.387 e. The smallest absolute Gasteiger partial charge is 0.260 e. The molecule has 1 aromatic rings. The Bertz CT molecular complexity index is 550. The summed E-state index contributed by atoms with van der Waals surface area (Å²) in [6, 6.07) is 1.48. The largest absolute Gasteiger partial charge is 0.387 e. The minimum atomic E-state index is -3.53. The van der Waals surface area contributed by atoms with Crippen LogP contribution in [0.1, 0.15) is 12.8 Å². The first-order chi connectivity index (χ1) is 8.43. The summed E-state index contributed by atoms with van der Waals surface area (Å²) in [5, 5.41) is 11.5. The lowest BCUT2D eigenvalue weighted by molar-refractivity contribution is 0.308. The van der Waals surface area contributed by atoms with E-state index in [0.29, 0.717) is 6.54 Å². The van der Waals surface area contributed by atoms with Gasteiger partial charge in [0.15, 0.2) is 5.03 Å². The third-order valence-electron chi connectivity index (χ3n) is 3.20. The molecule has 8 heteroatoms. The molecule has 0 aliphatic carbocycles. The molecule has 100 valence electrons. The van der Waals surface area contributed by atoms with Gasteiger partial charge in [-0.05, 0) is 18.9 Å². The first-order valence-corrected chi connectivity index (χ1v) is 7.19. The van der Waals surface area contributed by atoms with Crippen LogP contribution in [0.4, 0.5) is 0 Å².